The molecule has 1 aliphatic rings. The number of allylic oxidation sites excluding steroid dienone is 3. The summed E-state index contributed by atoms with van der Waals surface area (Å²) in [6, 6.07) is 0. The summed E-state index contributed by atoms with van der Waals surface area (Å²) in [6.45, 7) is 0. The van der Waals surface area contributed by atoms with Crippen molar-refractivity contribution in [2.75, 3.05) is 0 Å². The fraction of sp³-hybridized carbons (Fsp3) is 0.125. The van der Waals surface area contributed by atoms with Crippen LogP contribution in [0.4, 0.5) is 0 Å². The molecular formula is C8H6O4. The average Bonchev–Trinajstić information content (AvgIpc) is 2.16. The van der Waals surface area contributed by atoms with Gasteiger partial charge in [-0.25, -0.2) is 9.59 Å². The molecule has 0 bridgehead atoms. The van der Waals surface area contributed by atoms with Crippen molar-refractivity contribution in [3.8, 4) is 0 Å². The second-order valence-electron chi connectivity index (χ2n) is 2.19. The molecule has 4 heteroatoms. The largest absolute Gasteiger partial charge is 0.353 e. The van der Waals surface area contributed by atoms with Gasteiger partial charge in [0.25, 0.3) is 0 Å². The molecule has 0 amide bonds. The standard InChI is InChI=1S/C8H6O4/c9-5-6-3-1-2-4-7(6)8(10)12-11/h1-4,7,11H. The summed E-state index contributed by atoms with van der Waals surface area (Å²) in [4.78, 5) is 24.5. The topological polar surface area (TPSA) is 63.6 Å². The van der Waals surface area contributed by atoms with Gasteiger partial charge in [-0.2, -0.15) is 5.26 Å². The summed E-state index contributed by atoms with van der Waals surface area (Å²) >= 11 is 0. The SMILES string of the molecule is O=C=C1C=CC=CC1C(=O)OO. The van der Waals surface area contributed by atoms with Crippen molar-refractivity contribution in [3.05, 3.63) is 29.9 Å². The van der Waals surface area contributed by atoms with Crippen molar-refractivity contribution in [1.82, 2.24) is 0 Å². The maximum absolute atomic E-state index is 10.8. The maximum Gasteiger partial charge on any atom is 0.353 e. The zero-order valence-corrected chi connectivity index (χ0v) is 6.06. The highest BCUT2D eigenvalue weighted by atomic mass is 17.1. The smallest absolute Gasteiger partial charge is 0.300 e. The minimum absolute atomic E-state index is 0.150. The molecule has 12 heavy (non-hydrogen) atoms. The minimum Gasteiger partial charge on any atom is -0.300 e. The van der Waals surface area contributed by atoms with Gasteiger partial charge in [-0.3, -0.25) is 4.89 Å². The first-order valence-corrected chi connectivity index (χ1v) is 3.24. The van der Waals surface area contributed by atoms with Crippen LogP contribution in [-0.2, 0) is 14.5 Å². The van der Waals surface area contributed by atoms with E-state index in [1.165, 1.54) is 12.2 Å². The normalized spacial score (nSPS) is 20.4. The lowest BCUT2D eigenvalue weighted by Crippen LogP contribution is -2.17. The highest BCUT2D eigenvalue weighted by Crippen LogP contribution is 2.16. The molecule has 1 rings (SSSR count). The first-order valence-electron chi connectivity index (χ1n) is 3.24. The van der Waals surface area contributed by atoms with Crippen molar-refractivity contribution in [2.24, 2.45) is 5.92 Å². The van der Waals surface area contributed by atoms with Crippen LogP contribution in [0.2, 0.25) is 0 Å². The summed E-state index contributed by atoms with van der Waals surface area (Å²) in [5.74, 6) is -0.130. The molecule has 0 aromatic carbocycles. The van der Waals surface area contributed by atoms with Crippen LogP contribution in [0.5, 0.6) is 0 Å². The molecule has 0 aromatic rings. The zero-order chi connectivity index (χ0) is 8.97. The van der Waals surface area contributed by atoms with E-state index in [4.69, 9.17) is 5.26 Å². The van der Waals surface area contributed by atoms with Gasteiger partial charge >= 0.3 is 5.97 Å². The molecule has 1 N–H and O–H groups in total. The second-order valence-corrected chi connectivity index (χ2v) is 2.19. The van der Waals surface area contributed by atoms with Gasteiger partial charge in [-0.1, -0.05) is 18.2 Å². The molecule has 1 atom stereocenters. The summed E-state index contributed by atoms with van der Waals surface area (Å²) < 4.78 is 0. The molecule has 1 unspecified atom stereocenters. The number of rotatable bonds is 1. The van der Waals surface area contributed by atoms with Gasteiger partial charge in [0, 0.05) is 0 Å². The molecule has 0 spiro atoms. The van der Waals surface area contributed by atoms with Gasteiger partial charge in [0.1, 0.15) is 11.9 Å². The summed E-state index contributed by atoms with van der Waals surface area (Å²) in [6.07, 6.45) is 6.07. The van der Waals surface area contributed by atoms with Gasteiger partial charge in [0.15, 0.2) is 0 Å². The Labute approximate surface area is 68.4 Å². The lowest BCUT2D eigenvalue weighted by Gasteiger charge is -2.08. The van der Waals surface area contributed by atoms with Crippen LogP contribution in [-0.4, -0.2) is 17.2 Å². The van der Waals surface area contributed by atoms with E-state index in [1.54, 1.807) is 18.1 Å². The summed E-state index contributed by atoms with van der Waals surface area (Å²) in [5, 5.41) is 8.05. The quantitative estimate of drug-likeness (QED) is 0.350. The fourth-order valence-corrected chi connectivity index (χ4v) is 0.902. The van der Waals surface area contributed by atoms with E-state index < -0.39 is 11.9 Å². The van der Waals surface area contributed by atoms with E-state index in [0.29, 0.717) is 0 Å². The van der Waals surface area contributed by atoms with Gasteiger partial charge in [0.05, 0.1) is 5.57 Å². The van der Waals surface area contributed by atoms with Crippen molar-refractivity contribution in [2.45, 2.75) is 0 Å². The van der Waals surface area contributed by atoms with Crippen LogP contribution in [0.15, 0.2) is 29.9 Å². The van der Waals surface area contributed by atoms with Crippen LogP contribution in [0.25, 0.3) is 0 Å². The molecule has 0 heterocycles. The molecule has 0 aliphatic heterocycles. The van der Waals surface area contributed by atoms with Crippen LogP contribution in [0.1, 0.15) is 0 Å². The predicted octanol–water partition coefficient (Wildman–Crippen LogP) is 0.503. The molecule has 0 fully saturated rings. The van der Waals surface area contributed by atoms with Crippen molar-refractivity contribution < 1.29 is 19.7 Å². The molecule has 1 aliphatic carbocycles. The molecule has 0 radical (unpaired) electrons. The third-order valence-corrected chi connectivity index (χ3v) is 1.49. The molecular weight excluding hydrogens is 160 g/mol. The predicted molar refractivity (Wildman–Crippen MR) is 39.7 cm³/mol. The average molecular weight is 166 g/mol. The van der Waals surface area contributed by atoms with Crippen molar-refractivity contribution >= 4 is 11.9 Å². The van der Waals surface area contributed by atoms with Crippen LogP contribution >= 0.6 is 0 Å². The Morgan fingerprint density at radius 1 is 1.58 bits per heavy atom. The van der Waals surface area contributed by atoms with E-state index in [-0.39, 0.29) is 5.57 Å². The van der Waals surface area contributed by atoms with Gasteiger partial charge in [0.2, 0.25) is 0 Å². The first kappa shape index (κ1) is 8.46. The Kier molecular flexibility index (Phi) is 2.58. The number of hydrogen-bond donors (Lipinski definition) is 1. The fourth-order valence-electron chi connectivity index (χ4n) is 0.902. The lowest BCUT2D eigenvalue weighted by atomic mass is 9.96. The molecule has 62 valence electrons. The van der Waals surface area contributed by atoms with Gasteiger partial charge in [-0.05, 0) is 6.08 Å². The van der Waals surface area contributed by atoms with Crippen molar-refractivity contribution in [1.29, 1.82) is 0 Å². The number of carbonyl (C=O) groups excluding carboxylic acids is 2. The minimum atomic E-state index is -0.881. The zero-order valence-electron chi connectivity index (χ0n) is 6.06. The van der Waals surface area contributed by atoms with Gasteiger partial charge in [-0.15, -0.1) is 0 Å². The molecule has 0 saturated heterocycles. The Morgan fingerprint density at radius 2 is 2.33 bits per heavy atom. The molecule has 0 aromatic heterocycles. The Balaban J connectivity index is 2.90. The highest BCUT2D eigenvalue weighted by molar-refractivity contribution is 5.83. The third kappa shape index (κ3) is 1.50. The first-order chi connectivity index (χ1) is 5.79. The van der Waals surface area contributed by atoms with E-state index in [2.05, 4.69) is 4.89 Å². The third-order valence-electron chi connectivity index (χ3n) is 1.49. The van der Waals surface area contributed by atoms with Crippen LogP contribution in [0.3, 0.4) is 0 Å². The van der Waals surface area contributed by atoms with Crippen LogP contribution in [0, 0.1) is 5.92 Å². The van der Waals surface area contributed by atoms with E-state index in [1.807, 2.05) is 0 Å². The van der Waals surface area contributed by atoms with E-state index >= 15 is 0 Å². The maximum atomic E-state index is 10.8. The lowest BCUT2D eigenvalue weighted by molar-refractivity contribution is -0.236. The monoisotopic (exact) mass is 166 g/mol. The molecule has 0 saturated carbocycles. The number of carbonyl (C=O) groups is 1. The van der Waals surface area contributed by atoms with E-state index in [9.17, 15) is 9.59 Å². The second kappa shape index (κ2) is 3.67. The molecule has 4 nitrogen and oxygen atoms in total. The van der Waals surface area contributed by atoms with Crippen LogP contribution < -0.4 is 0 Å². The summed E-state index contributed by atoms with van der Waals surface area (Å²) in [7, 11) is 0. The van der Waals surface area contributed by atoms with E-state index in [0.717, 1.165) is 0 Å². The van der Waals surface area contributed by atoms with Gasteiger partial charge < -0.3 is 0 Å². The number of hydrogen-bond acceptors (Lipinski definition) is 4. The summed E-state index contributed by atoms with van der Waals surface area (Å²) in [5.41, 5.74) is 0.150. The highest BCUT2D eigenvalue weighted by Gasteiger charge is 2.22. The Morgan fingerprint density at radius 3 is 2.92 bits per heavy atom. The Hall–Kier alpha value is -1.64. The Bertz CT molecular complexity index is 294. The van der Waals surface area contributed by atoms with Crippen molar-refractivity contribution in [3.63, 3.8) is 0 Å².